The third kappa shape index (κ3) is 2.71. The van der Waals surface area contributed by atoms with E-state index in [1.165, 1.54) is 12.3 Å². The molecular weight excluding hydrogens is 253 g/mol. The van der Waals surface area contributed by atoms with Crippen LogP contribution in [-0.2, 0) is 6.42 Å². The zero-order valence-corrected chi connectivity index (χ0v) is 10.9. The highest BCUT2D eigenvalue weighted by Crippen LogP contribution is 2.21. The summed E-state index contributed by atoms with van der Waals surface area (Å²) in [6, 6.07) is 4.84. The number of hydrogen-bond acceptors (Lipinski definition) is 2. The fourth-order valence-electron chi connectivity index (χ4n) is 1.80. The van der Waals surface area contributed by atoms with Crippen LogP contribution in [0.4, 0.5) is 4.39 Å². The molecule has 1 atom stereocenters. The molecule has 2 rings (SSSR count). The van der Waals surface area contributed by atoms with Gasteiger partial charge in [-0.3, -0.25) is 0 Å². The summed E-state index contributed by atoms with van der Waals surface area (Å²) in [5.41, 5.74) is 7.17. The minimum atomic E-state index is -0.261. The Labute approximate surface area is 110 Å². The van der Waals surface area contributed by atoms with Crippen molar-refractivity contribution in [3.8, 4) is 5.69 Å². The maximum Gasteiger partial charge on any atom is 0.128 e. The lowest BCUT2D eigenvalue weighted by atomic mass is 10.0. The number of hydrogen-bond donors (Lipinski definition) is 1. The molecule has 1 aromatic heterocycles. The van der Waals surface area contributed by atoms with E-state index in [2.05, 4.69) is 5.10 Å². The lowest BCUT2D eigenvalue weighted by Gasteiger charge is -2.14. The summed E-state index contributed by atoms with van der Waals surface area (Å²) in [7, 11) is 0. The standard InChI is InChI=1S/C13H15ClFN3/c1-2-10(16)6-11-12(15)4-3-5-13(11)18-8-9(14)7-17-18/h3-5,7-8,10H,2,6,16H2,1H3. The van der Waals surface area contributed by atoms with Crippen molar-refractivity contribution in [3.05, 3.63) is 47.0 Å². The van der Waals surface area contributed by atoms with Crippen molar-refractivity contribution in [2.24, 2.45) is 5.73 Å². The summed E-state index contributed by atoms with van der Waals surface area (Å²) in [6.45, 7) is 1.98. The molecule has 0 aliphatic carbocycles. The molecule has 0 aliphatic heterocycles. The third-order valence-corrected chi connectivity index (χ3v) is 3.08. The fraction of sp³-hybridized carbons (Fsp3) is 0.308. The van der Waals surface area contributed by atoms with Crippen molar-refractivity contribution < 1.29 is 4.39 Å². The highest BCUT2D eigenvalue weighted by molar-refractivity contribution is 6.30. The molecule has 0 amide bonds. The summed E-state index contributed by atoms with van der Waals surface area (Å²) in [5, 5.41) is 4.62. The van der Waals surface area contributed by atoms with E-state index < -0.39 is 0 Å². The van der Waals surface area contributed by atoms with Gasteiger partial charge in [0.05, 0.1) is 16.9 Å². The number of benzene rings is 1. The van der Waals surface area contributed by atoms with Crippen molar-refractivity contribution in [3.63, 3.8) is 0 Å². The molecule has 1 heterocycles. The number of rotatable bonds is 4. The van der Waals surface area contributed by atoms with E-state index in [1.54, 1.807) is 16.9 Å². The van der Waals surface area contributed by atoms with Crippen molar-refractivity contribution in [2.45, 2.75) is 25.8 Å². The van der Waals surface area contributed by atoms with Crippen molar-refractivity contribution in [2.75, 3.05) is 0 Å². The van der Waals surface area contributed by atoms with Gasteiger partial charge in [0.2, 0.25) is 0 Å². The Morgan fingerprint density at radius 3 is 2.89 bits per heavy atom. The van der Waals surface area contributed by atoms with Gasteiger partial charge in [0.1, 0.15) is 5.82 Å². The Morgan fingerprint density at radius 1 is 1.50 bits per heavy atom. The first kappa shape index (κ1) is 13.1. The van der Waals surface area contributed by atoms with E-state index in [-0.39, 0.29) is 11.9 Å². The second kappa shape index (κ2) is 5.50. The Balaban J connectivity index is 2.43. The van der Waals surface area contributed by atoms with Gasteiger partial charge in [-0.15, -0.1) is 0 Å². The molecular formula is C13H15ClFN3. The molecule has 1 unspecified atom stereocenters. The first-order valence-electron chi connectivity index (χ1n) is 5.85. The SMILES string of the molecule is CCC(N)Cc1c(F)cccc1-n1cc(Cl)cn1. The molecule has 0 fully saturated rings. The molecule has 2 N–H and O–H groups in total. The Morgan fingerprint density at radius 2 is 2.28 bits per heavy atom. The monoisotopic (exact) mass is 267 g/mol. The molecule has 2 aromatic rings. The lowest BCUT2D eigenvalue weighted by Crippen LogP contribution is -2.23. The third-order valence-electron chi connectivity index (χ3n) is 2.88. The van der Waals surface area contributed by atoms with Crippen LogP contribution in [0.2, 0.25) is 5.02 Å². The van der Waals surface area contributed by atoms with E-state index in [9.17, 15) is 4.39 Å². The fourth-order valence-corrected chi connectivity index (χ4v) is 1.94. The van der Waals surface area contributed by atoms with E-state index in [4.69, 9.17) is 17.3 Å². The van der Waals surface area contributed by atoms with Gasteiger partial charge in [-0.25, -0.2) is 9.07 Å². The minimum Gasteiger partial charge on any atom is -0.327 e. The van der Waals surface area contributed by atoms with E-state index in [1.807, 2.05) is 13.0 Å². The largest absolute Gasteiger partial charge is 0.327 e. The molecule has 0 saturated carbocycles. The van der Waals surface area contributed by atoms with Gasteiger partial charge in [0.15, 0.2) is 0 Å². The van der Waals surface area contributed by atoms with Crippen LogP contribution < -0.4 is 5.73 Å². The van der Waals surface area contributed by atoms with Crippen LogP contribution in [0.25, 0.3) is 5.69 Å². The summed E-state index contributed by atoms with van der Waals surface area (Å²) >= 11 is 5.83. The highest BCUT2D eigenvalue weighted by Gasteiger charge is 2.13. The number of nitrogens with two attached hydrogens (primary N) is 1. The quantitative estimate of drug-likeness (QED) is 0.926. The summed E-state index contributed by atoms with van der Waals surface area (Å²) in [5.74, 6) is -0.261. The second-order valence-corrected chi connectivity index (χ2v) is 4.65. The van der Waals surface area contributed by atoms with Gasteiger partial charge in [0.25, 0.3) is 0 Å². The number of halogens is 2. The van der Waals surface area contributed by atoms with Crippen LogP contribution in [0.5, 0.6) is 0 Å². The average molecular weight is 268 g/mol. The second-order valence-electron chi connectivity index (χ2n) is 4.21. The van der Waals surface area contributed by atoms with Crippen LogP contribution in [0, 0.1) is 5.82 Å². The molecule has 0 aliphatic rings. The predicted molar refractivity (Wildman–Crippen MR) is 70.5 cm³/mol. The normalized spacial score (nSPS) is 12.7. The van der Waals surface area contributed by atoms with Gasteiger partial charge >= 0.3 is 0 Å². The molecule has 1 aromatic carbocycles. The molecule has 96 valence electrons. The topological polar surface area (TPSA) is 43.8 Å². The van der Waals surface area contributed by atoms with Crippen LogP contribution in [0.15, 0.2) is 30.6 Å². The van der Waals surface area contributed by atoms with Gasteiger partial charge in [-0.1, -0.05) is 24.6 Å². The number of aromatic nitrogens is 2. The Bertz CT molecular complexity index is 539. The van der Waals surface area contributed by atoms with Gasteiger partial charge < -0.3 is 5.73 Å². The predicted octanol–water partition coefficient (Wildman–Crippen LogP) is 2.94. The lowest BCUT2D eigenvalue weighted by molar-refractivity contribution is 0.575. The van der Waals surface area contributed by atoms with E-state index in [0.717, 1.165) is 6.42 Å². The molecule has 3 nitrogen and oxygen atoms in total. The molecule has 5 heteroatoms. The number of nitrogens with zero attached hydrogens (tertiary/aromatic N) is 2. The van der Waals surface area contributed by atoms with Gasteiger partial charge in [-0.2, -0.15) is 5.10 Å². The van der Waals surface area contributed by atoms with Crippen molar-refractivity contribution in [1.29, 1.82) is 0 Å². The first-order valence-corrected chi connectivity index (χ1v) is 6.23. The maximum atomic E-state index is 13.9. The summed E-state index contributed by atoms with van der Waals surface area (Å²) < 4.78 is 15.5. The van der Waals surface area contributed by atoms with Crippen LogP contribution in [-0.4, -0.2) is 15.8 Å². The maximum absolute atomic E-state index is 13.9. The molecule has 0 saturated heterocycles. The first-order chi connectivity index (χ1) is 8.61. The molecule has 0 spiro atoms. The van der Waals surface area contributed by atoms with Crippen molar-refractivity contribution in [1.82, 2.24) is 9.78 Å². The zero-order chi connectivity index (χ0) is 13.1. The van der Waals surface area contributed by atoms with Crippen LogP contribution in [0.1, 0.15) is 18.9 Å². The molecule has 0 bridgehead atoms. The molecule has 18 heavy (non-hydrogen) atoms. The van der Waals surface area contributed by atoms with Crippen LogP contribution in [0.3, 0.4) is 0 Å². The minimum absolute atomic E-state index is 0.0633. The Kier molecular flexibility index (Phi) is 3.99. The average Bonchev–Trinajstić information content (AvgIpc) is 2.78. The summed E-state index contributed by atoms with van der Waals surface area (Å²) in [4.78, 5) is 0. The van der Waals surface area contributed by atoms with Crippen molar-refractivity contribution >= 4 is 11.6 Å². The van der Waals surface area contributed by atoms with E-state index >= 15 is 0 Å². The smallest absolute Gasteiger partial charge is 0.128 e. The van der Waals surface area contributed by atoms with Crippen LogP contribution >= 0.6 is 11.6 Å². The summed E-state index contributed by atoms with van der Waals surface area (Å²) in [6.07, 6.45) is 4.46. The highest BCUT2D eigenvalue weighted by atomic mass is 35.5. The Hall–Kier alpha value is -1.39. The zero-order valence-electron chi connectivity index (χ0n) is 10.1. The molecule has 0 radical (unpaired) electrons. The van der Waals surface area contributed by atoms with E-state index in [0.29, 0.717) is 22.7 Å². The van der Waals surface area contributed by atoms with Gasteiger partial charge in [-0.05, 0) is 25.0 Å². The van der Waals surface area contributed by atoms with Gasteiger partial charge in [0, 0.05) is 17.8 Å².